The quantitative estimate of drug-likeness (QED) is 0.840. The summed E-state index contributed by atoms with van der Waals surface area (Å²) in [5.41, 5.74) is 1.17. The number of rotatable bonds is 3. The van der Waals surface area contributed by atoms with Crippen molar-refractivity contribution in [3.05, 3.63) is 29.5 Å². The average molecular weight is 244 g/mol. The number of carbonyl (C=O) groups is 1. The minimum absolute atomic E-state index is 0.183. The second-order valence-corrected chi connectivity index (χ2v) is 3.62. The molecule has 1 aromatic carbocycles. The molecule has 1 N–H and O–H groups in total. The third-order valence-electron chi connectivity index (χ3n) is 2.60. The summed E-state index contributed by atoms with van der Waals surface area (Å²) in [7, 11) is 1.55. The van der Waals surface area contributed by atoms with Gasteiger partial charge < -0.3 is 14.5 Å². The molecule has 2 aromatic rings. The van der Waals surface area contributed by atoms with Crippen LogP contribution in [0.15, 0.2) is 18.2 Å². The van der Waals surface area contributed by atoms with E-state index in [1.165, 1.54) is 0 Å². The van der Waals surface area contributed by atoms with E-state index in [-0.39, 0.29) is 17.9 Å². The Kier molecular flexibility index (Phi) is 3.20. The summed E-state index contributed by atoms with van der Waals surface area (Å²) >= 11 is 0. The van der Waals surface area contributed by atoms with E-state index in [0.29, 0.717) is 16.7 Å². The third-order valence-corrected chi connectivity index (χ3v) is 2.60. The zero-order valence-electron chi connectivity index (χ0n) is 10.1. The summed E-state index contributed by atoms with van der Waals surface area (Å²) in [6, 6.07) is 7.26. The van der Waals surface area contributed by atoms with Crippen LogP contribution in [0.2, 0.25) is 0 Å². The van der Waals surface area contributed by atoms with Crippen LogP contribution in [-0.2, 0) is 4.74 Å². The fourth-order valence-electron chi connectivity index (χ4n) is 1.77. The molecule has 0 aliphatic heterocycles. The van der Waals surface area contributed by atoms with Crippen molar-refractivity contribution >= 4 is 16.9 Å². The second-order valence-electron chi connectivity index (χ2n) is 3.62. The van der Waals surface area contributed by atoms with Crippen molar-refractivity contribution in [1.29, 1.82) is 5.26 Å². The molecule has 0 unspecified atom stereocenters. The van der Waals surface area contributed by atoms with Gasteiger partial charge in [0.2, 0.25) is 0 Å². The zero-order chi connectivity index (χ0) is 13.1. The van der Waals surface area contributed by atoms with E-state index in [0.717, 1.165) is 0 Å². The van der Waals surface area contributed by atoms with Crippen LogP contribution in [0.3, 0.4) is 0 Å². The zero-order valence-corrected chi connectivity index (χ0v) is 10.1. The lowest BCUT2D eigenvalue weighted by atomic mass is 10.1. The van der Waals surface area contributed by atoms with Crippen LogP contribution < -0.4 is 4.74 Å². The Balaban J connectivity index is 2.62. The fourth-order valence-corrected chi connectivity index (χ4v) is 1.77. The first-order valence-corrected chi connectivity index (χ1v) is 5.48. The fraction of sp³-hybridized carbons (Fsp3) is 0.231. The molecule has 0 atom stereocenters. The van der Waals surface area contributed by atoms with Gasteiger partial charge in [-0.15, -0.1) is 0 Å². The normalized spacial score (nSPS) is 10.1. The molecule has 0 saturated carbocycles. The van der Waals surface area contributed by atoms with Gasteiger partial charge in [-0.3, -0.25) is 0 Å². The van der Waals surface area contributed by atoms with E-state index in [4.69, 9.17) is 14.7 Å². The number of hydrogen-bond donors (Lipinski definition) is 1. The number of aromatic nitrogens is 1. The predicted octanol–water partition coefficient (Wildman–Crippen LogP) is 2.22. The molecule has 18 heavy (non-hydrogen) atoms. The Morgan fingerprint density at radius 2 is 2.28 bits per heavy atom. The van der Waals surface area contributed by atoms with Gasteiger partial charge >= 0.3 is 5.97 Å². The van der Waals surface area contributed by atoms with E-state index in [9.17, 15) is 4.79 Å². The molecule has 0 spiro atoms. The SMILES string of the molecule is CCOC(=O)c1[nH]c2ccc(OC)cc2c1C#N. The average Bonchev–Trinajstić information content (AvgIpc) is 2.76. The Morgan fingerprint density at radius 3 is 2.89 bits per heavy atom. The maximum absolute atomic E-state index is 11.7. The van der Waals surface area contributed by atoms with E-state index >= 15 is 0 Å². The topological polar surface area (TPSA) is 75.1 Å². The number of nitrogens with zero attached hydrogens (tertiary/aromatic N) is 1. The molecule has 0 saturated heterocycles. The number of benzene rings is 1. The van der Waals surface area contributed by atoms with E-state index in [1.807, 2.05) is 6.07 Å². The van der Waals surface area contributed by atoms with Crippen LogP contribution in [0.25, 0.3) is 10.9 Å². The van der Waals surface area contributed by atoms with Crippen molar-refractivity contribution < 1.29 is 14.3 Å². The van der Waals surface area contributed by atoms with Crippen molar-refractivity contribution in [2.75, 3.05) is 13.7 Å². The highest BCUT2D eigenvalue weighted by molar-refractivity contribution is 6.00. The minimum atomic E-state index is -0.524. The van der Waals surface area contributed by atoms with Crippen LogP contribution in [0.1, 0.15) is 23.0 Å². The number of ether oxygens (including phenoxy) is 2. The second kappa shape index (κ2) is 4.80. The number of nitriles is 1. The molecule has 92 valence electrons. The Bertz CT molecular complexity index is 637. The van der Waals surface area contributed by atoms with E-state index in [1.54, 1.807) is 32.2 Å². The molecular formula is C13H12N2O3. The molecule has 0 amide bonds. The first-order valence-electron chi connectivity index (χ1n) is 5.48. The molecular weight excluding hydrogens is 232 g/mol. The summed E-state index contributed by atoms with van der Waals surface area (Å²) in [6.45, 7) is 1.98. The van der Waals surface area contributed by atoms with Crippen LogP contribution in [-0.4, -0.2) is 24.7 Å². The summed E-state index contributed by atoms with van der Waals surface area (Å²) in [4.78, 5) is 14.6. The number of nitrogens with one attached hydrogen (secondary N) is 1. The minimum Gasteiger partial charge on any atom is -0.497 e. The number of esters is 1. The van der Waals surface area contributed by atoms with Gasteiger partial charge in [-0.25, -0.2) is 4.79 Å². The van der Waals surface area contributed by atoms with Crippen LogP contribution in [0, 0.1) is 11.3 Å². The lowest BCUT2D eigenvalue weighted by Crippen LogP contribution is -2.06. The maximum Gasteiger partial charge on any atom is 0.356 e. The smallest absolute Gasteiger partial charge is 0.356 e. The summed E-state index contributed by atoms with van der Waals surface area (Å²) in [5, 5.41) is 9.82. The highest BCUT2D eigenvalue weighted by atomic mass is 16.5. The molecule has 0 aliphatic rings. The first kappa shape index (κ1) is 12.0. The highest BCUT2D eigenvalue weighted by Crippen LogP contribution is 2.26. The summed E-state index contributed by atoms with van der Waals surface area (Å²) < 4.78 is 10.0. The van der Waals surface area contributed by atoms with Crippen molar-refractivity contribution in [3.8, 4) is 11.8 Å². The molecule has 5 nitrogen and oxygen atoms in total. The molecule has 1 aromatic heterocycles. The number of H-pyrrole nitrogens is 1. The molecule has 0 radical (unpaired) electrons. The monoisotopic (exact) mass is 244 g/mol. The molecule has 0 bridgehead atoms. The van der Waals surface area contributed by atoms with Gasteiger partial charge in [-0.2, -0.15) is 5.26 Å². The Hall–Kier alpha value is -2.48. The predicted molar refractivity (Wildman–Crippen MR) is 65.5 cm³/mol. The summed E-state index contributed by atoms with van der Waals surface area (Å²) in [6.07, 6.45) is 0. The van der Waals surface area contributed by atoms with Gasteiger partial charge in [0.05, 0.1) is 19.3 Å². The summed E-state index contributed by atoms with van der Waals surface area (Å²) in [5.74, 6) is 0.109. The van der Waals surface area contributed by atoms with E-state index < -0.39 is 5.97 Å². The molecule has 5 heteroatoms. The molecule has 0 fully saturated rings. The lowest BCUT2D eigenvalue weighted by Gasteiger charge is -1.99. The van der Waals surface area contributed by atoms with Gasteiger partial charge in [-0.05, 0) is 25.1 Å². The van der Waals surface area contributed by atoms with Crippen LogP contribution in [0.5, 0.6) is 5.75 Å². The molecule has 0 aliphatic carbocycles. The van der Waals surface area contributed by atoms with E-state index in [2.05, 4.69) is 4.98 Å². The molecule has 1 heterocycles. The standard InChI is InChI=1S/C13H12N2O3/c1-3-18-13(16)12-10(7-14)9-6-8(17-2)4-5-11(9)15-12/h4-6,15H,3H2,1-2H3. The van der Waals surface area contributed by atoms with Gasteiger partial charge in [0.15, 0.2) is 0 Å². The third kappa shape index (κ3) is 1.89. The number of hydrogen-bond acceptors (Lipinski definition) is 4. The highest BCUT2D eigenvalue weighted by Gasteiger charge is 2.18. The lowest BCUT2D eigenvalue weighted by molar-refractivity contribution is 0.0520. The molecule has 2 rings (SSSR count). The number of methoxy groups -OCH3 is 1. The Morgan fingerprint density at radius 1 is 1.50 bits per heavy atom. The van der Waals surface area contributed by atoms with Crippen molar-refractivity contribution in [3.63, 3.8) is 0 Å². The van der Waals surface area contributed by atoms with Gasteiger partial charge in [0.25, 0.3) is 0 Å². The van der Waals surface area contributed by atoms with Crippen molar-refractivity contribution in [2.45, 2.75) is 6.92 Å². The number of aromatic amines is 1. The van der Waals surface area contributed by atoms with Gasteiger partial charge in [-0.1, -0.05) is 0 Å². The van der Waals surface area contributed by atoms with Crippen molar-refractivity contribution in [2.24, 2.45) is 0 Å². The van der Waals surface area contributed by atoms with Crippen LogP contribution in [0.4, 0.5) is 0 Å². The Labute approximate surface area is 104 Å². The van der Waals surface area contributed by atoms with Gasteiger partial charge in [0.1, 0.15) is 17.5 Å². The number of fused-ring (bicyclic) bond motifs is 1. The largest absolute Gasteiger partial charge is 0.497 e. The van der Waals surface area contributed by atoms with Gasteiger partial charge in [0, 0.05) is 10.9 Å². The maximum atomic E-state index is 11.7. The first-order chi connectivity index (χ1) is 8.71. The number of carbonyl (C=O) groups excluding carboxylic acids is 1. The van der Waals surface area contributed by atoms with Crippen molar-refractivity contribution in [1.82, 2.24) is 4.98 Å². The van der Waals surface area contributed by atoms with Crippen LogP contribution >= 0.6 is 0 Å².